The van der Waals surface area contributed by atoms with E-state index in [2.05, 4.69) is 16.0 Å². The highest BCUT2D eigenvalue weighted by Gasteiger charge is 2.16. The van der Waals surface area contributed by atoms with E-state index in [0.717, 1.165) is 27.0 Å². The zero-order chi connectivity index (χ0) is 17.3. The number of carbonyl (C=O) groups is 2. The first-order valence-corrected chi connectivity index (χ1v) is 8.35. The minimum absolute atomic E-state index is 0.0609. The van der Waals surface area contributed by atoms with E-state index < -0.39 is 0 Å². The normalized spacial score (nSPS) is 10.8. The van der Waals surface area contributed by atoms with Crippen molar-refractivity contribution in [2.45, 2.75) is 27.3 Å². The second-order valence-corrected chi connectivity index (χ2v) is 6.69. The van der Waals surface area contributed by atoms with E-state index in [1.54, 1.807) is 4.68 Å². The van der Waals surface area contributed by atoms with Gasteiger partial charge in [0.15, 0.2) is 0 Å². The minimum Gasteiger partial charge on any atom is -0.271 e. The summed E-state index contributed by atoms with van der Waals surface area (Å²) < 4.78 is 2.65. The van der Waals surface area contributed by atoms with Crippen LogP contribution in [0.3, 0.4) is 0 Å². The van der Waals surface area contributed by atoms with Crippen LogP contribution in [0.1, 0.15) is 26.6 Å². The number of hydrazine groups is 1. The van der Waals surface area contributed by atoms with Gasteiger partial charge in [0.2, 0.25) is 0 Å². The van der Waals surface area contributed by atoms with Crippen molar-refractivity contribution in [2.75, 3.05) is 0 Å². The number of hydrogen-bond donors (Lipinski definition) is 2. The molecule has 0 saturated heterocycles. The average Bonchev–Trinajstić information content (AvgIpc) is 3.05. The van der Waals surface area contributed by atoms with Crippen molar-refractivity contribution in [3.05, 3.63) is 52.2 Å². The highest BCUT2D eigenvalue weighted by molar-refractivity contribution is 7.21. The molecule has 2 N–H and O–H groups in total. The standard InChI is InChI=1S/C17H18N4O2S/c1-10-8-11(2)21(20-10)9-15(22)18-19-17(23)16-12(3)13-6-4-5-7-14(13)24-16/h4-8H,9H2,1-3H3,(H,18,22)(H,19,23). The molecule has 3 aromatic rings. The molecule has 3 rings (SSSR count). The number of hydrogen-bond acceptors (Lipinski definition) is 4. The second kappa shape index (κ2) is 6.45. The molecule has 0 unspecified atom stereocenters. The number of fused-ring (bicyclic) bond motifs is 1. The SMILES string of the molecule is Cc1cc(C)n(CC(=O)NNC(=O)c2sc3ccccc3c2C)n1. The molecule has 0 radical (unpaired) electrons. The van der Waals surface area contributed by atoms with Gasteiger partial charge < -0.3 is 0 Å². The number of rotatable bonds is 3. The van der Waals surface area contributed by atoms with E-state index >= 15 is 0 Å². The minimum atomic E-state index is -0.326. The van der Waals surface area contributed by atoms with Crippen LogP contribution in [0.15, 0.2) is 30.3 Å². The van der Waals surface area contributed by atoms with Crippen molar-refractivity contribution in [3.8, 4) is 0 Å². The molecular weight excluding hydrogens is 324 g/mol. The molecule has 0 bridgehead atoms. The molecule has 124 valence electrons. The van der Waals surface area contributed by atoms with Crippen molar-refractivity contribution in [1.29, 1.82) is 0 Å². The van der Waals surface area contributed by atoms with E-state index in [9.17, 15) is 9.59 Å². The van der Waals surface area contributed by atoms with Gasteiger partial charge in [-0.2, -0.15) is 5.10 Å². The molecule has 0 atom stereocenters. The second-order valence-electron chi connectivity index (χ2n) is 5.64. The van der Waals surface area contributed by atoms with Crippen LogP contribution in [-0.4, -0.2) is 21.6 Å². The van der Waals surface area contributed by atoms with Gasteiger partial charge in [0, 0.05) is 10.4 Å². The summed E-state index contributed by atoms with van der Waals surface area (Å²) in [6, 6.07) is 9.74. The fraction of sp³-hybridized carbons (Fsp3) is 0.235. The van der Waals surface area contributed by atoms with Gasteiger partial charge in [-0.1, -0.05) is 18.2 Å². The fourth-order valence-electron chi connectivity index (χ4n) is 2.58. The number of amides is 2. The highest BCUT2D eigenvalue weighted by atomic mass is 32.1. The van der Waals surface area contributed by atoms with Crippen LogP contribution in [0.25, 0.3) is 10.1 Å². The summed E-state index contributed by atoms with van der Waals surface area (Å²) >= 11 is 1.41. The van der Waals surface area contributed by atoms with Gasteiger partial charge in [-0.25, -0.2) is 0 Å². The third kappa shape index (κ3) is 3.16. The van der Waals surface area contributed by atoms with Crippen LogP contribution in [0.4, 0.5) is 0 Å². The Hall–Kier alpha value is -2.67. The van der Waals surface area contributed by atoms with Crippen molar-refractivity contribution in [1.82, 2.24) is 20.6 Å². The molecule has 1 aromatic carbocycles. The summed E-state index contributed by atoms with van der Waals surface area (Å²) in [4.78, 5) is 24.9. The third-order valence-corrected chi connectivity index (χ3v) is 5.03. The van der Waals surface area contributed by atoms with E-state index in [1.807, 2.05) is 51.1 Å². The van der Waals surface area contributed by atoms with Gasteiger partial charge in [0.05, 0.1) is 10.6 Å². The molecule has 24 heavy (non-hydrogen) atoms. The molecule has 2 amide bonds. The van der Waals surface area contributed by atoms with Crippen molar-refractivity contribution < 1.29 is 9.59 Å². The Morgan fingerprint density at radius 1 is 1.17 bits per heavy atom. The highest BCUT2D eigenvalue weighted by Crippen LogP contribution is 2.30. The van der Waals surface area contributed by atoms with Gasteiger partial charge >= 0.3 is 0 Å². The van der Waals surface area contributed by atoms with Crippen molar-refractivity contribution in [2.24, 2.45) is 0 Å². The Morgan fingerprint density at radius 3 is 2.58 bits per heavy atom. The lowest BCUT2D eigenvalue weighted by atomic mass is 10.1. The number of nitrogens with zero attached hydrogens (tertiary/aromatic N) is 2. The number of aromatic nitrogens is 2. The maximum Gasteiger partial charge on any atom is 0.280 e. The number of nitrogens with one attached hydrogen (secondary N) is 2. The predicted molar refractivity (Wildman–Crippen MR) is 93.9 cm³/mol. The van der Waals surface area contributed by atoms with E-state index in [1.165, 1.54) is 11.3 Å². The zero-order valence-corrected chi connectivity index (χ0v) is 14.5. The monoisotopic (exact) mass is 342 g/mol. The first-order valence-electron chi connectivity index (χ1n) is 7.54. The summed E-state index contributed by atoms with van der Waals surface area (Å²) in [5.41, 5.74) is 7.59. The predicted octanol–water partition coefficient (Wildman–Crippen LogP) is 2.48. The molecule has 7 heteroatoms. The van der Waals surface area contributed by atoms with Gasteiger partial charge in [-0.3, -0.25) is 25.1 Å². The molecule has 2 aromatic heterocycles. The Morgan fingerprint density at radius 2 is 1.92 bits per heavy atom. The fourth-order valence-corrected chi connectivity index (χ4v) is 3.69. The lowest BCUT2D eigenvalue weighted by molar-refractivity contribution is -0.122. The van der Waals surface area contributed by atoms with E-state index in [4.69, 9.17) is 0 Å². The lowest BCUT2D eigenvalue weighted by Gasteiger charge is -2.08. The summed E-state index contributed by atoms with van der Waals surface area (Å²) in [7, 11) is 0. The molecule has 0 fully saturated rings. The lowest BCUT2D eigenvalue weighted by Crippen LogP contribution is -2.43. The molecule has 0 saturated carbocycles. The zero-order valence-electron chi connectivity index (χ0n) is 13.7. The van der Waals surface area contributed by atoms with E-state index in [-0.39, 0.29) is 18.4 Å². The first kappa shape index (κ1) is 16.2. The van der Waals surface area contributed by atoms with Crippen LogP contribution >= 0.6 is 11.3 Å². The molecule has 0 spiro atoms. The molecule has 0 aliphatic carbocycles. The Bertz CT molecular complexity index is 926. The van der Waals surface area contributed by atoms with Crippen LogP contribution in [0.2, 0.25) is 0 Å². The number of aryl methyl sites for hydroxylation is 3. The molecule has 0 aliphatic heterocycles. The first-order chi connectivity index (χ1) is 11.5. The van der Waals surface area contributed by atoms with Crippen LogP contribution < -0.4 is 10.9 Å². The Kier molecular flexibility index (Phi) is 4.35. The maximum atomic E-state index is 12.3. The molecular formula is C17H18N4O2S. The number of thiophene rings is 1. The topological polar surface area (TPSA) is 76.0 Å². The largest absolute Gasteiger partial charge is 0.280 e. The van der Waals surface area contributed by atoms with E-state index in [0.29, 0.717) is 4.88 Å². The summed E-state index contributed by atoms with van der Waals surface area (Å²) in [6.45, 7) is 5.72. The smallest absolute Gasteiger partial charge is 0.271 e. The quantitative estimate of drug-likeness (QED) is 0.718. The number of carbonyl (C=O) groups excluding carboxylic acids is 2. The average molecular weight is 342 g/mol. The van der Waals surface area contributed by atoms with Crippen molar-refractivity contribution >= 4 is 33.2 Å². The maximum absolute atomic E-state index is 12.3. The summed E-state index contributed by atoms with van der Waals surface area (Å²) in [5, 5.41) is 5.28. The van der Waals surface area contributed by atoms with Crippen LogP contribution in [-0.2, 0) is 11.3 Å². The molecule has 2 heterocycles. The van der Waals surface area contributed by atoms with Gasteiger partial charge in [0.25, 0.3) is 11.8 Å². The molecule has 6 nitrogen and oxygen atoms in total. The third-order valence-electron chi connectivity index (χ3n) is 3.76. The van der Waals surface area contributed by atoms with Crippen molar-refractivity contribution in [3.63, 3.8) is 0 Å². The number of benzene rings is 1. The van der Waals surface area contributed by atoms with Gasteiger partial charge in [0.1, 0.15) is 6.54 Å². The van der Waals surface area contributed by atoms with Crippen LogP contribution in [0.5, 0.6) is 0 Å². The van der Waals surface area contributed by atoms with Gasteiger partial charge in [-0.05, 0) is 43.9 Å². The Labute approximate surface area is 143 Å². The summed E-state index contributed by atoms with van der Waals surface area (Å²) in [5.74, 6) is -0.635. The van der Waals surface area contributed by atoms with Gasteiger partial charge in [-0.15, -0.1) is 11.3 Å². The molecule has 0 aliphatic rings. The summed E-state index contributed by atoms with van der Waals surface area (Å²) in [6.07, 6.45) is 0. The van der Waals surface area contributed by atoms with Crippen LogP contribution in [0, 0.1) is 20.8 Å². The Balaban J connectivity index is 1.65.